The number of ether oxygens (including phenoxy) is 4. The first-order valence-electron chi connectivity index (χ1n) is 9.33. The molecule has 1 rings (SSSR count). The van der Waals surface area contributed by atoms with Gasteiger partial charge in [0.15, 0.2) is 17.8 Å². The number of nitrogens with zero attached hydrogens (tertiary/aromatic N) is 1. The molecule has 0 bridgehead atoms. The van der Waals surface area contributed by atoms with Gasteiger partial charge in [-0.05, 0) is 38.0 Å². The van der Waals surface area contributed by atoms with Gasteiger partial charge >= 0.3 is 0 Å². The smallest absolute Gasteiger partial charge is 0.219 e. The van der Waals surface area contributed by atoms with Crippen molar-refractivity contribution < 1.29 is 23.7 Å². The van der Waals surface area contributed by atoms with Gasteiger partial charge in [0.05, 0.1) is 30.8 Å². The summed E-state index contributed by atoms with van der Waals surface area (Å²) in [6.07, 6.45) is 0.121. The van der Waals surface area contributed by atoms with E-state index in [0.29, 0.717) is 42.7 Å². The Morgan fingerprint density at radius 1 is 1.14 bits per heavy atom. The number of rotatable bonds is 12. The number of nitrogens with one attached hydrogen (secondary N) is 1. The fourth-order valence-corrected chi connectivity index (χ4v) is 2.96. The monoisotopic (exact) mass is 412 g/mol. The third-order valence-corrected chi connectivity index (χ3v) is 4.69. The van der Waals surface area contributed by atoms with E-state index in [1.54, 1.807) is 26.2 Å². The number of methoxy groups -OCH3 is 2. The number of benzene rings is 1. The summed E-state index contributed by atoms with van der Waals surface area (Å²) >= 11 is 5.56. The summed E-state index contributed by atoms with van der Waals surface area (Å²) < 4.78 is 21.7. The lowest BCUT2D eigenvalue weighted by atomic mass is 10.0. The molecule has 158 valence electrons. The molecule has 0 saturated carbocycles. The van der Waals surface area contributed by atoms with Gasteiger partial charge in [0.1, 0.15) is 0 Å². The Bertz CT molecular complexity index is 637. The van der Waals surface area contributed by atoms with E-state index in [1.807, 2.05) is 32.0 Å². The topological polar surface area (TPSA) is 69.3 Å². The molecule has 0 radical (unpaired) electrons. The average Bonchev–Trinajstić information content (AvgIpc) is 2.68. The van der Waals surface area contributed by atoms with E-state index in [-0.39, 0.29) is 11.9 Å². The summed E-state index contributed by atoms with van der Waals surface area (Å²) in [5, 5.41) is 3.14. The lowest BCUT2D eigenvalue weighted by Crippen LogP contribution is -2.49. The first-order chi connectivity index (χ1) is 13.4. The first-order valence-corrected chi connectivity index (χ1v) is 9.73. The van der Waals surface area contributed by atoms with E-state index in [9.17, 15) is 4.79 Å². The van der Waals surface area contributed by atoms with E-state index in [2.05, 4.69) is 5.32 Å². The molecular formula is C20H32N2O5S. The van der Waals surface area contributed by atoms with Crippen molar-refractivity contribution in [1.82, 2.24) is 10.2 Å². The van der Waals surface area contributed by atoms with Gasteiger partial charge < -0.3 is 29.2 Å². The molecule has 0 aromatic heterocycles. The lowest BCUT2D eigenvalue weighted by molar-refractivity contribution is -0.128. The number of amides is 1. The average molecular weight is 413 g/mol. The number of hydrogen-bond donors (Lipinski definition) is 1. The van der Waals surface area contributed by atoms with Crippen LogP contribution >= 0.6 is 12.2 Å². The molecule has 1 unspecified atom stereocenters. The van der Waals surface area contributed by atoms with Gasteiger partial charge in [0.25, 0.3) is 0 Å². The number of likely N-dealkylation sites (N-methyl/N-ethyl adjacent to an activating group) is 1. The zero-order valence-electron chi connectivity index (χ0n) is 17.6. The molecule has 0 aliphatic heterocycles. The summed E-state index contributed by atoms with van der Waals surface area (Å²) in [6, 6.07) is 5.47. The maximum absolute atomic E-state index is 12.0. The van der Waals surface area contributed by atoms with Crippen molar-refractivity contribution in [1.29, 1.82) is 0 Å². The van der Waals surface area contributed by atoms with Crippen LogP contribution in [0.2, 0.25) is 0 Å². The first kappa shape index (κ1) is 24.1. The van der Waals surface area contributed by atoms with Crippen LogP contribution in [0.3, 0.4) is 0 Å². The van der Waals surface area contributed by atoms with Crippen LogP contribution in [0.1, 0.15) is 26.3 Å². The number of hydrogen-bond acceptors (Lipinski definition) is 6. The second-order valence-corrected chi connectivity index (χ2v) is 6.58. The largest absolute Gasteiger partial charge is 0.490 e. The highest BCUT2D eigenvalue weighted by Crippen LogP contribution is 2.29. The summed E-state index contributed by atoms with van der Waals surface area (Å²) in [5.41, 5.74) is 0.990. The lowest BCUT2D eigenvalue weighted by Gasteiger charge is -2.29. The summed E-state index contributed by atoms with van der Waals surface area (Å²) in [4.78, 5) is 14.2. The number of carbonyl (C=O) groups is 1. The fraction of sp³-hybridized carbons (Fsp3) is 0.600. The van der Waals surface area contributed by atoms with Crippen LogP contribution in [0.4, 0.5) is 0 Å². The van der Waals surface area contributed by atoms with Crippen LogP contribution in [0.5, 0.6) is 11.5 Å². The van der Waals surface area contributed by atoms with Gasteiger partial charge in [0, 0.05) is 28.2 Å². The highest BCUT2D eigenvalue weighted by Gasteiger charge is 2.23. The normalized spacial score (nSPS) is 11.8. The Kier molecular flexibility index (Phi) is 10.8. The highest BCUT2D eigenvalue weighted by atomic mass is 32.1. The minimum Gasteiger partial charge on any atom is -0.490 e. The van der Waals surface area contributed by atoms with Gasteiger partial charge in [-0.25, -0.2) is 0 Å². The van der Waals surface area contributed by atoms with Crippen LogP contribution in [-0.4, -0.2) is 69.2 Å². The molecule has 0 saturated heterocycles. The minimum atomic E-state index is -0.420. The van der Waals surface area contributed by atoms with Crippen LogP contribution in [0.15, 0.2) is 18.2 Å². The standard InChI is InChI=1S/C20H32N2O5S/c1-7-26-17-10-9-15(12-18(17)27-8-2)11-16(22(4)14(3)23)20(28)21-13-19(24-5)25-6/h9-10,12,16,19H,7-8,11,13H2,1-6H3,(H,21,28). The maximum atomic E-state index is 12.0. The zero-order valence-corrected chi connectivity index (χ0v) is 18.4. The van der Waals surface area contributed by atoms with Crippen molar-refractivity contribution in [3.05, 3.63) is 23.8 Å². The third kappa shape index (κ3) is 7.26. The molecule has 0 aliphatic rings. The maximum Gasteiger partial charge on any atom is 0.219 e. The Labute approximate surface area is 173 Å². The second-order valence-electron chi connectivity index (χ2n) is 6.14. The zero-order chi connectivity index (χ0) is 21.1. The van der Waals surface area contributed by atoms with Crippen LogP contribution in [0, 0.1) is 0 Å². The van der Waals surface area contributed by atoms with Gasteiger partial charge in [-0.3, -0.25) is 4.79 Å². The van der Waals surface area contributed by atoms with Crippen LogP contribution in [-0.2, 0) is 20.7 Å². The predicted octanol–water partition coefficient (Wildman–Crippen LogP) is 2.41. The van der Waals surface area contributed by atoms with Crippen molar-refractivity contribution in [3.8, 4) is 11.5 Å². The van der Waals surface area contributed by atoms with E-state index < -0.39 is 6.29 Å². The summed E-state index contributed by atoms with van der Waals surface area (Å²) in [7, 11) is 4.86. The predicted molar refractivity (Wildman–Crippen MR) is 113 cm³/mol. The van der Waals surface area contributed by atoms with Gasteiger partial charge in [-0.1, -0.05) is 18.3 Å². The van der Waals surface area contributed by atoms with E-state index in [1.165, 1.54) is 6.92 Å². The van der Waals surface area contributed by atoms with E-state index in [0.717, 1.165) is 5.56 Å². The fourth-order valence-electron chi connectivity index (χ4n) is 2.64. The summed E-state index contributed by atoms with van der Waals surface area (Å²) in [6.45, 7) is 6.86. The molecule has 1 N–H and O–H groups in total. The van der Waals surface area contributed by atoms with Crippen molar-refractivity contribution in [2.45, 2.75) is 39.5 Å². The Morgan fingerprint density at radius 3 is 2.29 bits per heavy atom. The van der Waals surface area contributed by atoms with Crippen molar-refractivity contribution in [2.24, 2.45) is 0 Å². The summed E-state index contributed by atoms with van der Waals surface area (Å²) in [5.74, 6) is 1.32. The Balaban J connectivity index is 3.01. The van der Waals surface area contributed by atoms with E-state index in [4.69, 9.17) is 31.2 Å². The molecule has 28 heavy (non-hydrogen) atoms. The molecule has 7 nitrogen and oxygen atoms in total. The molecule has 1 aromatic carbocycles. The van der Waals surface area contributed by atoms with Crippen LogP contribution < -0.4 is 14.8 Å². The SMILES string of the molecule is CCOc1ccc(CC(C(=S)NCC(OC)OC)N(C)C(C)=O)cc1OCC. The number of thiocarbonyl (C=S) groups is 1. The Morgan fingerprint density at radius 2 is 1.75 bits per heavy atom. The van der Waals surface area contributed by atoms with Crippen molar-refractivity contribution in [2.75, 3.05) is 41.0 Å². The molecule has 0 fully saturated rings. The molecule has 1 aromatic rings. The molecular weight excluding hydrogens is 380 g/mol. The molecule has 1 atom stereocenters. The van der Waals surface area contributed by atoms with Gasteiger partial charge in [-0.15, -0.1) is 0 Å². The quantitative estimate of drug-likeness (QED) is 0.418. The Hall–Kier alpha value is -1.90. The third-order valence-electron chi connectivity index (χ3n) is 4.27. The van der Waals surface area contributed by atoms with Crippen LogP contribution in [0.25, 0.3) is 0 Å². The van der Waals surface area contributed by atoms with E-state index >= 15 is 0 Å². The van der Waals surface area contributed by atoms with Crippen molar-refractivity contribution >= 4 is 23.1 Å². The van der Waals surface area contributed by atoms with Crippen molar-refractivity contribution in [3.63, 3.8) is 0 Å². The molecule has 0 spiro atoms. The molecule has 0 aliphatic carbocycles. The minimum absolute atomic E-state index is 0.0693. The van der Waals surface area contributed by atoms with Gasteiger partial charge in [-0.2, -0.15) is 0 Å². The molecule has 8 heteroatoms. The van der Waals surface area contributed by atoms with Gasteiger partial charge in [0.2, 0.25) is 5.91 Å². The molecule has 1 amide bonds. The molecule has 0 heterocycles. The number of carbonyl (C=O) groups excluding carboxylic acids is 1. The second kappa shape index (κ2) is 12.5. The highest BCUT2D eigenvalue weighted by molar-refractivity contribution is 7.80.